The number of rotatable bonds is 7. The summed E-state index contributed by atoms with van der Waals surface area (Å²) in [5.41, 5.74) is -0.865. The molecule has 8 nitrogen and oxygen atoms in total. The van der Waals surface area contributed by atoms with Gasteiger partial charge in [-0.05, 0) is 13.0 Å². The summed E-state index contributed by atoms with van der Waals surface area (Å²) in [5.74, 6) is 1.32. The minimum absolute atomic E-state index is 0. The molecule has 0 aliphatic carbocycles. The molecule has 0 aromatic carbocycles. The van der Waals surface area contributed by atoms with E-state index in [-0.39, 0.29) is 30.5 Å². The maximum atomic E-state index is 12.7. The average Bonchev–Trinajstić information content (AvgIpc) is 3.23. The minimum atomic E-state index is -4.42. The first kappa shape index (κ1) is 25.5. The van der Waals surface area contributed by atoms with Crippen molar-refractivity contribution in [2.24, 2.45) is 4.99 Å². The van der Waals surface area contributed by atoms with Crippen LogP contribution in [-0.4, -0.2) is 71.6 Å². The third-order valence-electron chi connectivity index (χ3n) is 4.49. The molecule has 1 fully saturated rings. The van der Waals surface area contributed by atoms with Gasteiger partial charge in [0, 0.05) is 63.6 Å². The van der Waals surface area contributed by atoms with E-state index in [1.807, 2.05) is 6.92 Å². The number of halogens is 4. The number of guanidine groups is 1. The van der Waals surface area contributed by atoms with Crippen molar-refractivity contribution in [3.8, 4) is 0 Å². The second-order valence-corrected chi connectivity index (χ2v) is 7.57. The van der Waals surface area contributed by atoms with Crippen LogP contribution in [0.3, 0.4) is 0 Å². The van der Waals surface area contributed by atoms with E-state index in [4.69, 9.17) is 0 Å². The molecule has 0 amide bonds. The van der Waals surface area contributed by atoms with Crippen LogP contribution in [-0.2, 0) is 12.7 Å². The molecule has 31 heavy (non-hydrogen) atoms. The number of hydrogen-bond acceptors (Lipinski definition) is 7. The number of hydrogen-bond donors (Lipinski definition) is 2. The molecule has 0 unspecified atom stereocenters. The normalized spacial score (nSPS) is 15.5. The first-order valence-electron chi connectivity index (χ1n) is 9.74. The molecule has 0 spiro atoms. The summed E-state index contributed by atoms with van der Waals surface area (Å²) in [5, 5.41) is 7.69. The summed E-state index contributed by atoms with van der Waals surface area (Å²) in [6.45, 7) is 7.77. The predicted molar refractivity (Wildman–Crippen MR) is 126 cm³/mol. The van der Waals surface area contributed by atoms with Gasteiger partial charge in [0.1, 0.15) is 5.01 Å². The zero-order valence-electron chi connectivity index (χ0n) is 17.1. The lowest BCUT2D eigenvalue weighted by Crippen LogP contribution is -2.49. The van der Waals surface area contributed by atoms with E-state index >= 15 is 0 Å². The van der Waals surface area contributed by atoms with Gasteiger partial charge in [-0.3, -0.25) is 4.90 Å². The van der Waals surface area contributed by atoms with Crippen LogP contribution in [0.15, 0.2) is 28.8 Å². The van der Waals surface area contributed by atoms with Crippen molar-refractivity contribution in [2.75, 3.05) is 50.7 Å². The van der Waals surface area contributed by atoms with Crippen molar-refractivity contribution in [3.63, 3.8) is 0 Å². The number of aromatic nitrogens is 3. The molecule has 0 bridgehead atoms. The molecule has 2 N–H and O–H groups in total. The summed E-state index contributed by atoms with van der Waals surface area (Å²) >= 11 is 0.965. The fourth-order valence-corrected chi connectivity index (χ4v) is 3.68. The number of aliphatic imine (C=N–C) groups is 1. The van der Waals surface area contributed by atoms with Crippen LogP contribution in [0.25, 0.3) is 0 Å². The van der Waals surface area contributed by atoms with Crippen molar-refractivity contribution in [1.29, 1.82) is 0 Å². The van der Waals surface area contributed by atoms with Gasteiger partial charge in [-0.2, -0.15) is 13.2 Å². The second kappa shape index (κ2) is 12.3. The van der Waals surface area contributed by atoms with Gasteiger partial charge in [0.2, 0.25) is 5.95 Å². The first-order valence-corrected chi connectivity index (χ1v) is 10.6. The largest absolute Gasteiger partial charge is 0.434 e. The molecule has 1 saturated heterocycles. The van der Waals surface area contributed by atoms with E-state index < -0.39 is 11.9 Å². The minimum Gasteiger partial charge on any atom is -0.357 e. The highest BCUT2D eigenvalue weighted by Gasteiger charge is 2.33. The third-order valence-corrected chi connectivity index (χ3v) is 5.32. The Balaban J connectivity index is 0.00000341. The lowest BCUT2D eigenvalue weighted by Gasteiger charge is -2.34. The number of nitrogens with zero attached hydrogens (tertiary/aromatic N) is 6. The van der Waals surface area contributed by atoms with E-state index in [9.17, 15) is 13.2 Å². The van der Waals surface area contributed by atoms with Gasteiger partial charge in [0.15, 0.2) is 11.7 Å². The van der Waals surface area contributed by atoms with E-state index in [2.05, 4.69) is 40.4 Å². The van der Waals surface area contributed by atoms with Crippen molar-refractivity contribution >= 4 is 47.2 Å². The summed E-state index contributed by atoms with van der Waals surface area (Å²) in [6, 6.07) is 1.80. The number of nitrogens with one attached hydrogen (secondary N) is 2. The van der Waals surface area contributed by atoms with Crippen LogP contribution >= 0.6 is 35.3 Å². The van der Waals surface area contributed by atoms with Crippen molar-refractivity contribution in [3.05, 3.63) is 34.5 Å². The van der Waals surface area contributed by atoms with Gasteiger partial charge in [0.05, 0.1) is 6.54 Å². The lowest BCUT2D eigenvalue weighted by molar-refractivity contribution is -0.140. The predicted octanol–water partition coefficient (Wildman–Crippen LogP) is 2.45. The number of thiazole rings is 1. The number of piperazine rings is 1. The highest BCUT2D eigenvalue weighted by atomic mass is 127. The molecule has 1 aliphatic rings. The number of anilines is 1. The van der Waals surface area contributed by atoms with Crippen LogP contribution in [0.5, 0.6) is 0 Å². The van der Waals surface area contributed by atoms with Crippen LogP contribution in [0.1, 0.15) is 17.6 Å². The standard InChI is InChI=1S/C18H25F3N8S.HI/c1-2-22-16(26-12-15-27-14(13-30-15)18(19,20)21)23-6-7-28-8-10-29(11-9-28)17-24-4-3-5-25-17;/h3-5,13H,2,6-12H2,1H3,(H2,22,23,26);1H. The van der Waals surface area contributed by atoms with Crippen LogP contribution in [0.4, 0.5) is 19.1 Å². The molecule has 2 aromatic rings. The molecule has 0 saturated carbocycles. The molecule has 2 aromatic heterocycles. The van der Waals surface area contributed by atoms with Gasteiger partial charge < -0.3 is 15.5 Å². The second-order valence-electron chi connectivity index (χ2n) is 6.62. The molecule has 0 radical (unpaired) electrons. The Morgan fingerprint density at radius 2 is 1.87 bits per heavy atom. The van der Waals surface area contributed by atoms with Crippen LogP contribution in [0.2, 0.25) is 0 Å². The Morgan fingerprint density at radius 1 is 1.16 bits per heavy atom. The van der Waals surface area contributed by atoms with Gasteiger partial charge >= 0.3 is 6.18 Å². The van der Waals surface area contributed by atoms with Crippen LogP contribution in [0, 0.1) is 0 Å². The van der Waals surface area contributed by atoms with E-state index in [0.717, 1.165) is 55.4 Å². The molecule has 1 aliphatic heterocycles. The molecule has 172 valence electrons. The molecule has 3 heterocycles. The van der Waals surface area contributed by atoms with Crippen molar-refractivity contribution < 1.29 is 13.2 Å². The Bertz CT molecular complexity index is 810. The highest BCUT2D eigenvalue weighted by molar-refractivity contribution is 14.0. The summed E-state index contributed by atoms with van der Waals surface area (Å²) in [4.78, 5) is 21.0. The maximum absolute atomic E-state index is 12.7. The molecule has 3 rings (SSSR count). The SMILES string of the molecule is CCNC(=NCc1nc(C(F)(F)F)cs1)NCCN1CCN(c2ncccn2)CC1.I. The summed E-state index contributed by atoms with van der Waals surface area (Å²) in [7, 11) is 0. The lowest BCUT2D eigenvalue weighted by atomic mass is 10.3. The van der Waals surface area contributed by atoms with E-state index in [1.165, 1.54) is 0 Å². The Kier molecular flexibility index (Phi) is 10.2. The molecular weight excluding hydrogens is 544 g/mol. The van der Waals surface area contributed by atoms with Crippen LogP contribution < -0.4 is 15.5 Å². The highest BCUT2D eigenvalue weighted by Crippen LogP contribution is 2.30. The van der Waals surface area contributed by atoms with Crippen molar-refractivity contribution in [2.45, 2.75) is 19.6 Å². The molecule has 13 heteroatoms. The Morgan fingerprint density at radius 3 is 2.48 bits per heavy atom. The first-order chi connectivity index (χ1) is 14.5. The Hall–Kier alpha value is -1.74. The van der Waals surface area contributed by atoms with Crippen molar-refractivity contribution in [1.82, 2.24) is 30.5 Å². The molecular formula is C18H26F3IN8S. The summed E-state index contributed by atoms with van der Waals surface area (Å²) < 4.78 is 38.0. The van der Waals surface area contributed by atoms with E-state index in [1.54, 1.807) is 18.5 Å². The average molecular weight is 570 g/mol. The zero-order chi connectivity index (χ0) is 21.4. The number of alkyl halides is 3. The van der Waals surface area contributed by atoms with Gasteiger partial charge in [-0.1, -0.05) is 0 Å². The quantitative estimate of drug-likeness (QED) is 0.301. The summed E-state index contributed by atoms with van der Waals surface area (Å²) in [6.07, 6.45) is -0.927. The topological polar surface area (TPSA) is 81.6 Å². The zero-order valence-corrected chi connectivity index (χ0v) is 20.2. The monoisotopic (exact) mass is 570 g/mol. The maximum Gasteiger partial charge on any atom is 0.434 e. The van der Waals surface area contributed by atoms with E-state index in [0.29, 0.717) is 24.1 Å². The fourth-order valence-electron chi connectivity index (χ4n) is 2.96. The van der Waals surface area contributed by atoms with Gasteiger partial charge in [-0.15, -0.1) is 35.3 Å². The molecule has 0 atom stereocenters. The fraction of sp³-hybridized carbons (Fsp3) is 0.556. The van der Waals surface area contributed by atoms with Gasteiger partial charge in [-0.25, -0.2) is 19.9 Å². The smallest absolute Gasteiger partial charge is 0.357 e. The van der Waals surface area contributed by atoms with Gasteiger partial charge in [0.25, 0.3) is 0 Å². The Labute approximate surface area is 200 Å². The third kappa shape index (κ3) is 8.03.